The predicted molar refractivity (Wildman–Crippen MR) is 98.6 cm³/mol. The first-order valence-corrected chi connectivity index (χ1v) is 9.05. The maximum atomic E-state index is 11.2. The molecule has 4 rings (SSSR count). The van der Waals surface area contributed by atoms with Gasteiger partial charge in [0.15, 0.2) is 0 Å². The fraction of sp³-hybridized carbons (Fsp3) is 0.409. The van der Waals surface area contributed by atoms with E-state index in [4.69, 9.17) is 4.74 Å². The summed E-state index contributed by atoms with van der Waals surface area (Å²) >= 11 is 0. The summed E-state index contributed by atoms with van der Waals surface area (Å²) in [7, 11) is 0. The third kappa shape index (κ3) is 2.92. The van der Waals surface area contributed by atoms with Gasteiger partial charge in [-0.15, -0.1) is 0 Å². The molecule has 0 amide bonds. The van der Waals surface area contributed by atoms with Crippen LogP contribution in [0.15, 0.2) is 48.5 Å². The van der Waals surface area contributed by atoms with E-state index < -0.39 is 0 Å². The molecule has 3 heteroatoms. The van der Waals surface area contributed by atoms with Crippen molar-refractivity contribution in [2.75, 3.05) is 6.61 Å². The van der Waals surface area contributed by atoms with Gasteiger partial charge in [-0.05, 0) is 55.9 Å². The van der Waals surface area contributed by atoms with Crippen LogP contribution in [-0.2, 0) is 24.1 Å². The Hall–Kier alpha value is -1.97. The van der Waals surface area contributed by atoms with Gasteiger partial charge in [0.25, 0.3) is 0 Å². The number of benzene rings is 2. The van der Waals surface area contributed by atoms with Crippen molar-refractivity contribution in [3.8, 4) is 0 Å². The highest BCUT2D eigenvalue weighted by atomic mass is 16.5. The van der Waals surface area contributed by atoms with Crippen molar-refractivity contribution >= 4 is 6.29 Å². The summed E-state index contributed by atoms with van der Waals surface area (Å²) in [6, 6.07) is 16.7. The van der Waals surface area contributed by atoms with Crippen LogP contribution in [0.5, 0.6) is 0 Å². The van der Waals surface area contributed by atoms with Crippen LogP contribution in [-0.4, -0.2) is 29.1 Å². The number of aryl methyl sites for hydroxylation is 1. The van der Waals surface area contributed by atoms with Gasteiger partial charge in [-0.3, -0.25) is 9.69 Å². The largest absolute Gasteiger partial charge is 0.359 e. The summed E-state index contributed by atoms with van der Waals surface area (Å²) in [4.78, 5) is 13.7. The molecule has 2 aromatic carbocycles. The summed E-state index contributed by atoms with van der Waals surface area (Å²) in [6.45, 7) is 5.97. The molecule has 1 spiro atoms. The van der Waals surface area contributed by atoms with Crippen molar-refractivity contribution in [2.24, 2.45) is 0 Å². The second-order valence-corrected chi connectivity index (χ2v) is 7.85. The molecule has 1 atom stereocenters. The molecule has 0 bridgehead atoms. The number of fused-ring (bicyclic) bond motifs is 1. The molecule has 1 aliphatic carbocycles. The van der Waals surface area contributed by atoms with Gasteiger partial charge in [0, 0.05) is 12.1 Å². The van der Waals surface area contributed by atoms with E-state index in [1.165, 1.54) is 16.7 Å². The zero-order valence-electron chi connectivity index (χ0n) is 15.0. The molecule has 0 radical (unpaired) electrons. The van der Waals surface area contributed by atoms with Crippen molar-refractivity contribution in [1.29, 1.82) is 0 Å². The van der Waals surface area contributed by atoms with Crippen molar-refractivity contribution in [2.45, 2.75) is 50.9 Å². The first-order valence-electron chi connectivity index (χ1n) is 9.05. The summed E-state index contributed by atoms with van der Waals surface area (Å²) in [5, 5.41) is 0. The monoisotopic (exact) mass is 335 g/mol. The van der Waals surface area contributed by atoms with Crippen LogP contribution >= 0.6 is 0 Å². The van der Waals surface area contributed by atoms with Gasteiger partial charge in [-0.1, -0.05) is 42.5 Å². The van der Waals surface area contributed by atoms with Crippen LogP contribution < -0.4 is 0 Å². The number of carbonyl (C=O) groups is 1. The second kappa shape index (κ2) is 6.08. The summed E-state index contributed by atoms with van der Waals surface area (Å²) in [5.74, 6) is 0. The zero-order chi connectivity index (χ0) is 17.5. The van der Waals surface area contributed by atoms with Crippen LogP contribution in [0, 0.1) is 0 Å². The van der Waals surface area contributed by atoms with Gasteiger partial charge >= 0.3 is 0 Å². The van der Waals surface area contributed by atoms with Crippen LogP contribution in [0.3, 0.4) is 0 Å². The van der Waals surface area contributed by atoms with Gasteiger partial charge < -0.3 is 4.74 Å². The van der Waals surface area contributed by atoms with E-state index in [2.05, 4.69) is 61.2 Å². The van der Waals surface area contributed by atoms with E-state index >= 15 is 0 Å². The normalized spacial score (nSPS) is 25.0. The van der Waals surface area contributed by atoms with Gasteiger partial charge in [0.2, 0.25) is 0 Å². The third-order valence-corrected chi connectivity index (χ3v) is 5.85. The molecule has 0 saturated carbocycles. The lowest BCUT2D eigenvalue weighted by atomic mass is 9.76. The van der Waals surface area contributed by atoms with E-state index in [0.29, 0.717) is 0 Å². The molecular formula is C22H25NO2. The van der Waals surface area contributed by atoms with E-state index in [1.54, 1.807) is 0 Å². The maximum absolute atomic E-state index is 11.2. The average Bonchev–Trinajstić information content (AvgIpc) is 2.87. The van der Waals surface area contributed by atoms with Gasteiger partial charge in [-0.25, -0.2) is 0 Å². The lowest BCUT2D eigenvalue weighted by molar-refractivity contribution is -0.0673. The maximum Gasteiger partial charge on any atom is 0.150 e. The van der Waals surface area contributed by atoms with E-state index in [1.807, 2.05) is 6.07 Å². The highest BCUT2D eigenvalue weighted by Gasteiger charge is 2.52. The Labute approximate surface area is 149 Å². The molecule has 3 nitrogen and oxygen atoms in total. The van der Waals surface area contributed by atoms with Crippen LogP contribution in [0.2, 0.25) is 0 Å². The quantitative estimate of drug-likeness (QED) is 0.794. The van der Waals surface area contributed by atoms with Crippen molar-refractivity contribution < 1.29 is 9.53 Å². The molecular weight excluding hydrogens is 310 g/mol. The summed E-state index contributed by atoms with van der Waals surface area (Å²) in [5.41, 5.74) is 4.48. The van der Waals surface area contributed by atoms with Crippen LogP contribution in [0.1, 0.15) is 47.3 Å². The van der Waals surface area contributed by atoms with Gasteiger partial charge in [0.05, 0.1) is 12.1 Å². The minimum absolute atomic E-state index is 0.00779. The SMILES string of the molecule is CC1(C)OCC2(CCc3ccc(C=O)cc3C2)N1Cc1ccccc1. The lowest BCUT2D eigenvalue weighted by Gasteiger charge is -2.45. The van der Waals surface area contributed by atoms with Crippen molar-refractivity contribution in [3.05, 3.63) is 70.8 Å². The third-order valence-electron chi connectivity index (χ3n) is 5.85. The first kappa shape index (κ1) is 16.5. The number of aldehydes is 1. The second-order valence-electron chi connectivity index (χ2n) is 7.85. The minimum atomic E-state index is -0.282. The highest BCUT2D eigenvalue weighted by Crippen LogP contribution is 2.44. The number of hydrogen-bond acceptors (Lipinski definition) is 3. The van der Waals surface area contributed by atoms with Crippen molar-refractivity contribution in [3.63, 3.8) is 0 Å². The van der Waals surface area contributed by atoms with E-state index in [-0.39, 0.29) is 11.3 Å². The Bertz CT molecular complexity index is 784. The van der Waals surface area contributed by atoms with E-state index in [0.717, 1.165) is 44.3 Å². The highest BCUT2D eigenvalue weighted by molar-refractivity contribution is 5.75. The Morgan fingerprint density at radius 1 is 1.12 bits per heavy atom. The fourth-order valence-electron chi connectivity index (χ4n) is 4.45. The summed E-state index contributed by atoms with van der Waals surface area (Å²) in [6.07, 6.45) is 4.02. The number of hydrogen-bond donors (Lipinski definition) is 0. The molecule has 2 aliphatic rings. The van der Waals surface area contributed by atoms with Crippen LogP contribution in [0.4, 0.5) is 0 Å². The molecule has 25 heavy (non-hydrogen) atoms. The molecule has 1 unspecified atom stereocenters. The zero-order valence-corrected chi connectivity index (χ0v) is 15.0. The molecule has 0 N–H and O–H groups in total. The molecule has 1 saturated heterocycles. The van der Waals surface area contributed by atoms with Crippen LogP contribution in [0.25, 0.3) is 0 Å². The first-order chi connectivity index (χ1) is 12.0. The molecule has 0 aromatic heterocycles. The lowest BCUT2D eigenvalue weighted by Crippen LogP contribution is -2.54. The number of nitrogens with zero attached hydrogens (tertiary/aromatic N) is 1. The number of carbonyl (C=O) groups excluding carboxylic acids is 1. The smallest absolute Gasteiger partial charge is 0.150 e. The molecule has 1 aliphatic heterocycles. The van der Waals surface area contributed by atoms with E-state index in [9.17, 15) is 4.79 Å². The molecule has 2 aromatic rings. The number of ether oxygens (including phenoxy) is 1. The summed E-state index contributed by atoms with van der Waals surface area (Å²) < 4.78 is 6.25. The molecule has 1 fully saturated rings. The van der Waals surface area contributed by atoms with Gasteiger partial charge in [0.1, 0.15) is 12.0 Å². The topological polar surface area (TPSA) is 29.5 Å². The standard InChI is InChI=1S/C22H25NO2/c1-21(2)23(14-17-6-4-3-5-7-17)22(16-25-21)11-10-19-9-8-18(15-24)12-20(19)13-22/h3-9,12,15H,10-11,13-14,16H2,1-2H3. The number of rotatable bonds is 3. The molecule has 1 heterocycles. The Kier molecular flexibility index (Phi) is 4.01. The van der Waals surface area contributed by atoms with Gasteiger partial charge in [-0.2, -0.15) is 0 Å². The Balaban J connectivity index is 1.68. The van der Waals surface area contributed by atoms with Crippen molar-refractivity contribution in [1.82, 2.24) is 4.90 Å². The minimum Gasteiger partial charge on any atom is -0.359 e. The predicted octanol–water partition coefficient (Wildman–Crippen LogP) is 4.00. The Morgan fingerprint density at radius 2 is 1.92 bits per heavy atom. The Morgan fingerprint density at radius 3 is 2.68 bits per heavy atom. The average molecular weight is 335 g/mol. The fourth-order valence-corrected chi connectivity index (χ4v) is 4.45. The molecule has 130 valence electrons.